The van der Waals surface area contributed by atoms with Gasteiger partial charge in [0.25, 0.3) is 11.8 Å². The van der Waals surface area contributed by atoms with E-state index in [9.17, 15) is 13.6 Å². The lowest BCUT2D eigenvalue weighted by atomic mass is 9.96. The number of H-pyrrole nitrogens is 1. The van der Waals surface area contributed by atoms with Gasteiger partial charge < -0.3 is 11.1 Å². The van der Waals surface area contributed by atoms with Gasteiger partial charge in [0.15, 0.2) is 0 Å². The number of nitrogens with zero attached hydrogens (tertiary/aromatic N) is 2. The number of hydrogen-bond acceptors (Lipinski definition) is 4. The first-order valence-corrected chi connectivity index (χ1v) is 5.45. The Balaban J connectivity index is 2.66. The minimum atomic E-state index is -3.13. The van der Waals surface area contributed by atoms with Gasteiger partial charge in [-0.2, -0.15) is 0 Å². The number of rotatable bonds is 4. The third kappa shape index (κ3) is 3.73. The molecule has 1 heterocycles. The SMILES string of the molecule is CC(C)(C)c1nc(C(=O)NCC(F)(F)CN)n[nH]1. The van der Waals surface area contributed by atoms with Crippen molar-refractivity contribution < 1.29 is 13.6 Å². The van der Waals surface area contributed by atoms with Gasteiger partial charge in [-0.15, -0.1) is 5.10 Å². The number of aromatic amines is 1. The fourth-order valence-corrected chi connectivity index (χ4v) is 1.06. The van der Waals surface area contributed by atoms with Crippen molar-refractivity contribution >= 4 is 5.91 Å². The Bertz CT molecular complexity index is 424. The van der Waals surface area contributed by atoms with Crippen LogP contribution in [0.15, 0.2) is 0 Å². The summed E-state index contributed by atoms with van der Waals surface area (Å²) in [6.45, 7) is 4.00. The first-order valence-electron chi connectivity index (χ1n) is 5.45. The van der Waals surface area contributed by atoms with Crippen molar-refractivity contribution in [2.24, 2.45) is 5.73 Å². The van der Waals surface area contributed by atoms with E-state index in [1.807, 2.05) is 26.1 Å². The highest BCUT2D eigenvalue weighted by molar-refractivity contribution is 5.90. The van der Waals surface area contributed by atoms with Crippen LogP contribution in [-0.2, 0) is 5.41 Å². The average molecular weight is 261 g/mol. The van der Waals surface area contributed by atoms with Crippen LogP contribution >= 0.6 is 0 Å². The zero-order chi connectivity index (χ0) is 14.0. The molecule has 0 saturated carbocycles. The molecule has 0 radical (unpaired) electrons. The van der Waals surface area contributed by atoms with Gasteiger partial charge in [-0.25, -0.2) is 13.8 Å². The van der Waals surface area contributed by atoms with Gasteiger partial charge >= 0.3 is 0 Å². The highest BCUT2D eigenvalue weighted by Gasteiger charge is 2.28. The Morgan fingerprint density at radius 2 is 2.06 bits per heavy atom. The van der Waals surface area contributed by atoms with Crippen LogP contribution in [0, 0.1) is 0 Å². The first kappa shape index (κ1) is 14.5. The van der Waals surface area contributed by atoms with Crippen molar-refractivity contribution in [2.45, 2.75) is 32.1 Å². The fraction of sp³-hybridized carbons (Fsp3) is 0.700. The summed E-state index contributed by atoms with van der Waals surface area (Å²) in [5.41, 5.74) is 4.55. The first-order chi connectivity index (χ1) is 8.15. The second kappa shape index (κ2) is 4.97. The van der Waals surface area contributed by atoms with Gasteiger partial charge in [0, 0.05) is 5.41 Å². The summed E-state index contributed by atoms with van der Waals surface area (Å²) in [4.78, 5) is 15.5. The number of alkyl halides is 2. The van der Waals surface area contributed by atoms with Gasteiger partial charge in [-0.3, -0.25) is 9.89 Å². The van der Waals surface area contributed by atoms with E-state index in [0.717, 1.165) is 0 Å². The maximum absolute atomic E-state index is 12.8. The smallest absolute Gasteiger partial charge is 0.291 e. The Morgan fingerprint density at radius 1 is 1.44 bits per heavy atom. The van der Waals surface area contributed by atoms with Crippen LogP contribution < -0.4 is 11.1 Å². The average Bonchev–Trinajstić information content (AvgIpc) is 2.75. The van der Waals surface area contributed by atoms with Crippen molar-refractivity contribution in [2.75, 3.05) is 13.1 Å². The number of carbonyl (C=O) groups is 1. The third-order valence-corrected chi connectivity index (χ3v) is 2.21. The molecule has 1 aromatic heterocycles. The zero-order valence-corrected chi connectivity index (χ0v) is 10.6. The molecule has 0 bridgehead atoms. The second-order valence-corrected chi connectivity index (χ2v) is 5.00. The molecule has 102 valence electrons. The predicted octanol–water partition coefficient (Wildman–Crippen LogP) is 0.426. The number of halogens is 2. The topological polar surface area (TPSA) is 96.7 Å². The molecule has 1 aromatic rings. The number of amides is 1. The second-order valence-electron chi connectivity index (χ2n) is 5.00. The number of carbonyl (C=O) groups excluding carboxylic acids is 1. The third-order valence-electron chi connectivity index (χ3n) is 2.21. The van der Waals surface area contributed by atoms with Crippen LogP contribution in [0.25, 0.3) is 0 Å². The van der Waals surface area contributed by atoms with E-state index < -0.39 is 24.9 Å². The predicted molar refractivity (Wildman–Crippen MR) is 61.4 cm³/mol. The molecule has 0 unspecified atom stereocenters. The molecule has 0 aliphatic heterocycles. The number of nitrogens with one attached hydrogen (secondary N) is 2. The zero-order valence-electron chi connectivity index (χ0n) is 10.6. The van der Waals surface area contributed by atoms with E-state index in [1.165, 1.54) is 0 Å². The van der Waals surface area contributed by atoms with E-state index in [4.69, 9.17) is 5.73 Å². The molecule has 8 heteroatoms. The maximum Gasteiger partial charge on any atom is 0.291 e. The lowest BCUT2D eigenvalue weighted by molar-refractivity contribution is 0.0117. The van der Waals surface area contributed by atoms with Gasteiger partial charge in [0.1, 0.15) is 5.82 Å². The lowest BCUT2D eigenvalue weighted by Gasteiger charge is -2.14. The maximum atomic E-state index is 12.8. The van der Waals surface area contributed by atoms with Crippen LogP contribution in [0.4, 0.5) is 8.78 Å². The molecule has 6 nitrogen and oxygen atoms in total. The van der Waals surface area contributed by atoms with E-state index in [0.29, 0.717) is 5.82 Å². The molecule has 0 saturated heterocycles. The summed E-state index contributed by atoms with van der Waals surface area (Å²) in [7, 11) is 0. The van der Waals surface area contributed by atoms with Gasteiger partial charge in [0.05, 0.1) is 13.1 Å². The lowest BCUT2D eigenvalue weighted by Crippen LogP contribution is -2.41. The van der Waals surface area contributed by atoms with Crippen molar-refractivity contribution in [1.29, 1.82) is 0 Å². The summed E-state index contributed by atoms with van der Waals surface area (Å²) in [6, 6.07) is 0. The van der Waals surface area contributed by atoms with Crippen LogP contribution in [0.1, 0.15) is 37.2 Å². The Morgan fingerprint density at radius 3 is 2.50 bits per heavy atom. The summed E-state index contributed by atoms with van der Waals surface area (Å²) >= 11 is 0. The molecule has 1 amide bonds. The van der Waals surface area contributed by atoms with E-state index >= 15 is 0 Å². The van der Waals surface area contributed by atoms with Crippen molar-refractivity contribution in [1.82, 2.24) is 20.5 Å². The van der Waals surface area contributed by atoms with E-state index in [-0.39, 0.29) is 11.2 Å². The van der Waals surface area contributed by atoms with Crippen LogP contribution in [0.2, 0.25) is 0 Å². The summed E-state index contributed by atoms with van der Waals surface area (Å²) < 4.78 is 25.7. The number of nitrogens with two attached hydrogens (primary N) is 1. The van der Waals surface area contributed by atoms with Crippen molar-refractivity contribution in [3.05, 3.63) is 11.6 Å². The number of hydrogen-bond donors (Lipinski definition) is 3. The Labute approximate surface area is 103 Å². The normalized spacial score (nSPS) is 12.6. The molecule has 0 aliphatic rings. The Kier molecular flexibility index (Phi) is 4.00. The standard InChI is InChI=1S/C10H17F2N5O/c1-9(2,3)8-15-6(16-17-8)7(18)14-5-10(11,12)4-13/h4-5,13H2,1-3H3,(H,14,18)(H,15,16,17). The molecule has 0 atom stereocenters. The molecular weight excluding hydrogens is 244 g/mol. The largest absolute Gasteiger partial charge is 0.343 e. The van der Waals surface area contributed by atoms with Gasteiger partial charge in [0.2, 0.25) is 5.82 Å². The fourth-order valence-electron chi connectivity index (χ4n) is 1.06. The molecule has 0 fully saturated rings. The van der Waals surface area contributed by atoms with E-state index in [2.05, 4.69) is 15.2 Å². The Hall–Kier alpha value is -1.57. The summed E-state index contributed by atoms with van der Waals surface area (Å²) in [6.07, 6.45) is 0. The molecule has 0 spiro atoms. The molecule has 1 rings (SSSR count). The summed E-state index contributed by atoms with van der Waals surface area (Å²) in [5, 5.41) is 8.33. The highest BCUT2D eigenvalue weighted by atomic mass is 19.3. The van der Waals surface area contributed by atoms with E-state index in [1.54, 1.807) is 0 Å². The van der Waals surface area contributed by atoms with Crippen molar-refractivity contribution in [3.63, 3.8) is 0 Å². The van der Waals surface area contributed by atoms with Crippen LogP contribution in [0.5, 0.6) is 0 Å². The minimum Gasteiger partial charge on any atom is -0.343 e. The monoisotopic (exact) mass is 261 g/mol. The molecular formula is C10H17F2N5O. The number of aromatic nitrogens is 3. The molecule has 0 aromatic carbocycles. The van der Waals surface area contributed by atoms with Crippen LogP contribution in [-0.4, -0.2) is 40.1 Å². The summed E-state index contributed by atoms with van der Waals surface area (Å²) in [5.74, 6) is -3.53. The highest BCUT2D eigenvalue weighted by Crippen LogP contribution is 2.17. The van der Waals surface area contributed by atoms with Gasteiger partial charge in [-0.05, 0) is 0 Å². The quantitative estimate of drug-likeness (QED) is 0.732. The van der Waals surface area contributed by atoms with Crippen LogP contribution in [0.3, 0.4) is 0 Å². The molecule has 0 aliphatic carbocycles. The van der Waals surface area contributed by atoms with Gasteiger partial charge in [-0.1, -0.05) is 20.8 Å². The molecule has 4 N–H and O–H groups in total. The molecule has 18 heavy (non-hydrogen) atoms. The minimum absolute atomic E-state index is 0.159. The van der Waals surface area contributed by atoms with Crippen molar-refractivity contribution in [3.8, 4) is 0 Å².